The van der Waals surface area contributed by atoms with Gasteiger partial charge < -0.3 is 24.4 Å². The molecule has 0 spiro atoms. The minimum atomic E-state index is -4.81. The number of phosphoric acid groups is 1. The number of rotatable bonds is 37. The van der Waals surface area contributed by atoms with Crippen molar-refractivity contribution in [2.24, 2.45) is 5.92 Å². The molecule has 0 aliphatic heterocycles. The Morgan fingerprint density at radius 1 is 0.593 bits per heavy atom. The van der Waals surface area contributed by atoms with E-state index in [0.717, 1.165) is 50.9 Å². The maximum absolute atomic E-state index is 12.4. The molecule has 54 heavy (non-hydrogen) atoms. The van der Waals surface area contributed by atoms with Gasteiger partial charge in [-0.15, -0.1) is 0 Å². The molecular formula is C44H77O9P. The molecule has 0 heterocycles. The maximum Gasteiger partial charge on any atom is 0.469 e. The van der Waals surface area contributed by atoms with Gasteiger partial charge in [0.2, 0.25) is 0 Å². The second-order valence-electron chi connectivity index (χ2n) is 14.6. The molecule has 0 saturated heterocycles. The van der Waals surface area contributed by atoms with Crippen LogP contribution >= 0.6 is 7.82 Å². The van der Waals surface area contributed by atoms with E-state index >= 15 is 0 Å². The molecule has 0 saturated carbocycles. The highest BCUT2D eigenvalue weighted by atomic mass is 31.2. The number of esters is 2. The predicted molar refractivity (Wildman–Crippen MR) is 222 cm³/mol. The van der Waals surface area contributed by atoms with Crippen LogP contribution in [-0.4, -0.2) is 52.3 Å². The first-order valence-electron chi connectivity index (χ1n) is 21.0. The molecule has 10 heteroatoms. The third kappa shape index (κ3) is 40.9. The van der Waals surface area contributed by atoms with Crippen molar-refractivity contribution in [2.75, 3.05) is 13.2 Å². The third-order valence-corrected chi connectivity index (χ3v) is 9.32. The lowest BCUT2D eigenvalue weighted by molar-refractivity contribution is -0.161. The summed E-state index contributed by atoms with van der Waals surface area (Å²) < 4.78 is 26.3. The third-order valence-electron chi connectivity index (χ3n) is 8.83. The Balaban J connectivity index is 4.09. The first-order valence-corrected chi connectivity index (χ1v) is 22.6. The summed E-state index contributed by atoms with van der Waals surface area (Å²) in [6, 6.07) is 0. The minimum Gasteiger partial charge on any atom is -0.462 e. The Morgan fingerprint density at radius 3 is 1.59 bits per heavy atom. The number of carbonyl (C=O) groups excluding carboxylic acids is 2. The zero-order valence-corrected chi connectivity index (χ0v) is 35.0. The van der Waals surface area contributed by atoms with E-state index in [1.165, 1.54) is 77.0 Å². The van der Waals surface area contributed by atoms with Crippen LogP contribution < -0.4 is 0 Å². The molecule has 0 aromatic heterocycles. The van der Waals surface area contributed by atoms with Gasteiger partial charge >= 0.3 is 19.8 Å². The fourth-order valence-corrected chi connectivity index (χ4v) is 6.06. The van der Waals surface area contributed by atoms with Crippen molar-refractivity contribution in [1.82, 2.24) is 0 Å². The fraction of sp³-hybridized carbons (Fsp3) is 0.727. The second-order valence-corrected chi connectivity index (χ2v) is 15.9. The summed E-state index contributed by atoms with van der Waals surface area (Å²) in [6.07, 6.45) is 42.6. The van der Waals surface area contributed by atoms with Crippen LogP contribution in [-0.2, 0) is 28.2 Å². The molecule has 1 unspecified atom stereocenters. The van der Waals surface area contributed by atoms with Crippen molar-refractivity contribution in [1.29, 1.82) is 0 Å². The largest absolute Gasteiger partial charge is 0.469 e. The van der Waals surface area contributed by atoms with Gasteiger partial charge in [-0.3, -0.25) is 14.1 Å². The predicted octanol–water partition coefficient (Wildman–Crippen LogP) is 11.7. The lowest BCUT2D eigenvalue weighted by atomic mass is 10.0. The van der Waals surface area contributed by atoms with Crippen molar-refractivity contribution in [3.63, 3.8) is 0 Å². The smallest absolute Gasteiger partial charge is 0.462 e. The van der Waals surface area contributed by atoms with Crippen LogP contribution in [0.2, 0.25) is 0 Å². The highest BCUT2D eigenvalue weighted by Gasteiger charge is 2.23. The number of ether oxygens (including phenoxy) is 2. The number of aliphatic hydroxyl groups is 1. The monoisotopic (exact) mass is 781 g/mol. The topological polar surface area (TPSA) is 140 Å². The number of carbonyl (C=O) groups is 2. The summed E-state index contributed by atoms with van der Waals surface area (Å²) in [5.41, 5.74) is 0. The summed E-state index contributed by atoms with van der Waals surface area (Å²) in [4.78, 5) is 42.9. The van der Waals surface area contributed by atoms with Crippen LogP contribution in [0.3, 0.4) is 0 Å². The summed E-state index contributed by atoms with van der Waals surface area (Å²) in [7, 11) is -4.81. The van der Waals surface area contributed by atoms with Gasteiger partial charge in [0.05, 0.1) is 12.7 Å². The van der Waals surface area contributed by atoms with Crippen molar-refractivity contribution >= 4 is 19.8 Å². The zero-order chi connectivity index (χ0) is 40.0. The first kappa shape index (κ1) is 51.7. The number of hydrogen-bond donors (Lipinski definition) is 3. The van der Waals surface area contributed by atoms with Crippen LogP contribution in [0.25, 0.3) is 0 Å². The van der Waals surface area contributed by atoms with E-state index in [2.05, 4.69) is 61.8 Å². The first-order chi connectivity index (χ1) is 26.0. The van der Waals surface area contributed by atoms with Crippen LogP contribution in [0, 0.1) is 5.92 Å². The van der Waals surface area contributed by atoms with E-state index in [1.54, 1.807) is 12.2 Å². The molecule has 3 N–H and O–H groups in total. The van der Waals surface area contributed by atoms with Gasteiger partial charge in [-0.1, -0.05) is 178 Å². The standard InChI is InChI=1S/C44H77O9P/c1-4-5-6-7-8-9-10-14-18-21-24-27-30-34-41(45)35-32-37-44(47)53-42(39-52-54(48,49)50)38-51-43(46)36-31-28-25-22-19-16-13-11-12-15-17-20-23-26-29-33-40(2)3/h5-6,8-9,14,18,24,27,30,34,40-42,45H,4,7,10-13,15-17,19-23,25-26,28-29,31-33,35-39H2,1-3H3,(H2,48,49,50)/b6-5-,9-8-,18-14-,27-24-,34-30+/t41?,42-/m1/s1. The SMILES string of the molecule is CC/C=C\C/C=C\C/C=C\C/C=C\C=C\C(O)CCCC(=O)O[C@H](COC(=O)CCCCCCCCCCCCCCCCCC(C)C)COP(=O)(O)O. The number of aliphatic hydroxyl groups excluding tert-OH is 1. The molecule has 312 valence electrons. The van der Waals surface area contributed by atoms with Gasteiger partial charge in [0.1, 0.15) is 6.61 Å². The van der Waals surface area contributed by atoms with E-state index < -0.39 is 38.6 Å². The van der Waals surface area contributed by atoms with Gasteiger partial charge in [-0.05, 0) is 50.9 Å². The molecule has 2 atom stereocenters. The molecule has 0 bridgehead atoms. The van der Waals surface area contributed by atoms with Crippen molar-refractivity contribution in [3.8, 4) is 0 Å². The van der Waals surface area contributed by atoms with E-state index in [-0.39, 0.29) is 19.4 Å². The Hall–Kier alpha value is -2.29. The average molecular weight is 781 g/mol. The average Bonchev–Trinajstić information content (AvgIpc) is 3.12. The number of unbranched alkanes of at least 4 members (excludes halogenated alkanes) is 14. The molecule has 0 rings (SSSR count). The van der Waals surface area contributed by atoms with Crippen LogP contribution in [0.15, 0.2) is 60.8 Å². The van der Waals surface area contributed by atoms with Crippen molar-refractivity contribution in [2.45, 2.75) is 187 Å². The lowest BCUT2D eigenvalue weighted by Crippen LogP contribution is -2.29. The lowest BCUT2D eigenvalue weighted by Gasteiger charge is -2.18. The minimum absolute atomic E-state index is 0.0198. The Morgan fingerprint density at radius 2 is 1.07 bits per heavy atom. The summed E-state index contributed by atoms with van der Waals surface area (Å²) in [6.45, 7) is 5.75. The molecule has 0 aliphatic carbocycles. The zero-order valence-electron chi connectivity index (χ0n) is 34.1. The van der Waals surface area contributed by atoms with E-state index in [9.17, 15) is 19.3 Å². The second kappa shape index (κ2) is 37.6. The summed E-state index contributed by atoms with van der Waals surface area (Å²) in [5.74, 6) is -0.260. The van der Waals surface area contributed by atoms with Gasteiger partial charge in [-0.25, -0.2) is 4.57 Å². The van der Waals surface area contributed by atoms with Gasteiger partial charge in [0.25, 0.3) is 0 Å². The molecule has 0 radical (unpaired) electrons. The fourth-order valence-electron chi connectivity index (χ4n) is 5.70. The summed E-state index contributed by atoms with van der Waals surface area (Å²) in [5, 5.41) is 10.2. The molecule has 0 aliphatic rings. The van der Waals surface area contributed by atoms with Gasteiger partial charge in [0.15, 0.2) is 6.10 Å². The molecule has 0 aromatic carbocycles. The van der Waals surface area contributed by atoms with E-state index in [0.29, 0.717) is 19.3 Å². The van der Waals surface area contributed by atoms with Crippen LogP contribution in [0.5, 0.6) is 0 Å². The maximum atomic E-state index is 12.4. The van der Waals surface area contributed by atoms with E-state index in [4.69, 9.17) is 19.3 Å². The molecular weight excluding hydrogens is 703 g/mol. The molecule has 0 fully saturated rings. The highest BCUT2D eigenvalue weighted by Crippen LogP contribution is 2.36. The van der Waals surface area contributed by atoms with Crippen molar-refractivity contribution in [3.05, 3.63) is 60.8 Å². The Labute approximate surface area is 329 Å². The Bertz CT molecular complexity index is 1090. The molecule has 9 nitrogen and oxygen atoms in total. The highest BCUT2D eigenvalue weighted by molar-refractivity contribution is 7.46. The van der Waals surface area contributed by atoms with Gasteiger partial charge in [-0.2, -0.15) is 0 Å². The quantitative estimate of drug-likeness (QED) is 0.0185. The molecule has 0 aromatic rings. The van der Waals surface area contributed by atoms with E-state index in [1.807, 2.05) is 12.2 Å². The van der Waals surface area contributed by atoms with Gasteiger partial charge in [0, 0.05) is 12.8 Å². The Kier molecular flexibility index (Phi) is 36.0. The van der Waals surface area contributed by atoms with Crippen LogP contribution in [0.1, 0.15) is 175 Å². The molecule has 0 amide bonds. The van der Waals surface area contributed by atoms with Crippen molar-refractivity contribution < 1.29 is 43.0 Å². The number of phosphoric ester groups is 1. The number of allylic oxidation sites excluding steroid dienone is 9. The number of hydrogen-bond acceptors (Lipinski definition) is 7. The normalized spacial score (nSPS) is 13.8. The summed E-state index contributed by atoms with van der Waals surface area (Å²) >= 11 is 0. The van der Waals surface area contributed by atoms with Crippen LogP contribution in [0.4, 0.5) is 0 Å².